The van der Waals surface area contributed by atoms with Gasteiger partial charge >= 0.3 is 6.03 Å². The molecule has 0 saturated carbocycles. The van der Waals surface area contributed by atoms with Gasteiger partial charge in [0, 0.05) is 29.2 Å². The molecule has 2 amide bonds. The fourth-order valence-corrected chi connectivity index (χ4v) is 3.78. The molecule has 2 aromatic carbocycles. The summed E-state index contributed by atoms with van der Waals surface area (Å²) in [5.74, 6) is 7.16. The van der Waals surface area contributed by atoms with Crippen LogP contribution in [0.15, 0.2) is 67.0 Å². The Morgan fingerprint density at radius 3 is 2.43 bits per heavy atom. The van der Waals surface area contributed by atoms with Gasteiger partial charge in [-0.15, -0.1) is 0 Å². The summed E-state index contributed by atoms with van der Waals surface area (Å²) < 4.78 is 0. The van der Waals surface area contributed by atoms with Crippen LogP contribution in [0.1, 0.15) is 35.4 Å². The van der Waals surface area contributed by atoms with E-state index in [9.17, 15) is 4.79 Å². The number of piperidine rings is 1. The molecule has 1 saturated heterocycles. The third kappa shape index (κ3) is 4.86. The molecule has 0 spiro atoms. The minimum atomic E-state index is -0.598. The molecule has 3 aromatic rings. The summed E-state index contributed by atoms with van der Waals surface area (Å²) in [5.41, 5.74) is 11.0. The van der Waals surface area contributed by atoms with E-state index in [4.69, 9.17) is 5.73 Å². The average Bonchev–Trinajstić information content (AvgIpc) is 2.79. The number of pyridine rings is 1. The number of hydrogen-bond donors (Lipinski definition) is 3. The first-order chi connectivity index (χ1) is 14.7. The van der Waals surface area contributed by atoms with Crippen LogP contribution in [0, 0.1) is 11.8 Å². The van der Waals surface area contributed by atoms with Crippen LogP contribution in [-0.4, -0.2) is 24.1 Å². The largest absolute Gasteiger partial charge is 0.351 e. The summed E-state index contributed by atoms with van der Waals surface area (Å²) in [5, 5.41) is 6.03. The number of benzene rings is 2. The maximum absolute atomic E-state index is 11.2. The SMILES string of the molecule is NC(=O)Nc1ccc(-c2ccncc2)c(C#Cc2ccc(C3CCNCC3)cc2)c1. The quantitative estimate of drug-likeness (QED) is 0.583. The molecule has 4 rings (SSSR count). The van der Waals surface area contributed by atoms with Gasteiger partial charge < -0.3 is 16.4 Å². The van der Waals surface area contributed by atoms with E-state index in [-0.39, 0.29) is 0 Å². The Morgan fingerprint density at radius 2 is 1.73 bits per heavy atom. The van der Waals surface area contributed by atoms with Crippen molar-refractivity contribution in [1.29, 1.82) is 0 Å². The summed E-state index contributed by atoms with van der Waals surface area (Å²) in [6.07, 6.45) is 5.86. The minimum Gasteiger partial charge on any atom is -0.351 e. The maximum atomic E-state index is 11.2. The van der Waals surface area contributed by atoms with Crippen molar-refractivity contribution in [3.8, 4) is 23.0 Å². The zero-order chi connectivity index (χ0) is 20.8. The van der Waals surface area contributed by atoms with Crippen LogP contribution in [-0.2, 0) is 0 Å². The number of primary amides is 1. The Labute approximate surface area is 176 Å². The van der Waals surface area contributed by atoms with Gasteiger partial charge in [0.25, 0.3) is 0 Å². The lowest BCUT2D eigenvalue weighted by molar-refractivity contribution is 0.259. The number of amides is 2. The lowest BCUT2D eigenvalue weighted by atomic mass is 9.90. The number of anilines is 1. The second-order valence-electron chi connectivity index (χ2n) is 7.38. The number of nitrogens with zero attached hydrogens (tertiary/aromatic N) is 1. The van der Waals surface area contributed by atoms with Gasteiger partial charge in [-0.3, -0.25) is 4.98 Å². The Balaban J connectivity index is 1.63. The van der Waals surface area contributed by atoms with Crippen LogP contribution in [0.5, 0.6) is 0 Å². The molecule has 1 fully saturated rings. The number of urea groups is 1. The molecular weight excluding hydrogens is 372 g/mol. The van der Waals surface area contributed by atoms with Crippen LogP contribution in [0.25, 0.3) is 11.1 Å². The lowest BCUT2D eigenvalue weighted by Crippen LogP contribution is -2.26. The predicted molar refractivity (Wildman–Crippen MR) is 120 cm³/mol. The first-order valence-electron chi connectivity index (χ1n) is 10.1. The van der Waals surface area contributed by atoms with Crippen molar-refractivity contribution in [3.05, 3.63) is 83.7 Å². The van der Waals surface area contributed by atoms with Gasteiger partial charge in [-0.2, -0.15) is 0 Å². The molecule has 1 aliphatic heterocycles. The Kier molecular flexibility index (Phi) is 6.07. The van der Waals surface area contributed by atoms with Crippen molar-refractivity contribution in [1.82, 2.24) is 10.3 Å². The number of nitrogens with one attached hydrogen (secondary N) is 2. The van der Waals surface area contributed by atoms with Gasteiger partial charge in [0.15, 0.2) is 0 Å². The smallest absolute Gasteiger partial charge is 0.316 e. The highest BCUT2D eigenvalue weighted by Crippen LogP contribution is 2.27. The monoisotopic (exact) mass is 396 g/mol. The highest BCUT2D eigenvalue weighted by Gasteiger charge is 2.14. The number of aromatic nitrogens is 1. The Hall–Kier alpha value is -3.62. The number of nitrogens with two attached hydrogens (primary N) is 1. The van der Waals surface area contributed by atoms with Gasteiger partial charge in [-0.25, -0.2) is 4.79 Å². The van der Waals surface area contributed by atoms with E-state index in [0.29, 0.717) is 11.6 Å². The van der Waals surface area contributed by atoms with Crippen molar-refractivity contribution in [3.63, 3.8) is 0 Å². The zero-order valence-corrected chi connectivity index (χ0v) is 16.7. The average molecular weight is 396 g/mol. The van der Waals surface area contributed by atoms with Crippen LogP contribution in [0.3, 0.4) is 0 Å². The zero-order valence-electron chi connectivity index (χ0n) is 16.7. The van der Waals surface area contributed by atoms with E-state index in [1.807, 2.05) is 30.3 Å². The van der Waals surface area contributed by atoms with Gasteiger partial charge in [0.1, 0.15) is 0 Å². The van der Waals surface area contributed by atoms with E-state index in [1.54, 1.807) is 12.4 Å². The number of carbonyl (C=O) groups excluding carboxylic acids is 1. The Morgan fingerprint density at radius 1 is 1.00 bits per heavy atom. The molecule has 4 N–H and O–H groups in total. The highest BCUT2D eigenvalue weighted by molar-refractivity contribution is 5.89. The molecule has 1 aromatic heterocycles. The van der Waals surface area contributed by atoms with Crippen molar-refractivity contribution in [2.24, 2.45) is 5.73 Å². The summed E-state index contributed by atoms with van der Waals surface area (Å²) in [6, 6.07) is 17.4. The van der Waals surface area contributed by atoms with E-state index in [1.165, 1.54) is 18.4 Å². The third-order valence-electron chi connectivity index (χ3n) is 5.34. The van der Waals surface area contributed by atoms with E-state index < -0.39 is 6.03 Å². The first kappa shape index (κ1) is 19.7. The van der Waals surface area contributed by atoms with Crippen molar-refractivity contribution in [2.45, 2.75) is 18.8 Å². The topological polar surface area (TPSA) is 80.0 Å². The normalized spacial score (nSPS) is 13.9. The molecule has 2 heterocycles. The standard InChI is InChI=1S/C25H24N4O/c26-25(30)29-23-7-8-24(21-11-15-28-16-12-21)22(17-23)6-3-18-1-4-19(5-2-18)20-9-13-27-14-10-20/h1-2,4-5,7-8,11-12,15-17,20,27H,9-10,13-14H2,(H3,26,29,30). The lowest BCUT2D eigenvalue weighted by Gasteiger charge is -2.22. The molecule has 1 aliphatic rings. The summed E-state index contributed by atoms with van der Waals surface area (Å²) in [6.45, 7) is 2.17. The van der Waals surface area contributed by atoms with Gasteiger partial charge in [-0.05, 0) is 84.9 Å². The molecule has 30 heavy (non-hydrogen) atoms. The van der Waals surface area contributed by atoms with E-state index in [0.717, 1.165) is 35.3 Å². The molecule has 5 heteroatoms. The van der Waals surface area contributed by atoms with E-state index in [2.05, 4.69) is 51.7 Å². The minimum absolute atomic E-state index is 0.598. The summed E-state index contributed by atoms with van der Waals surface area (Å²) in [7, 11) is 0. The number of rotatable bonds is 3. The predicted octanol–water partition coefficient (Wildman–Crippen LogP) is 4.11. The van der Waals surface area contributed by atoms with Crippen LogP contribution >= 0.6 is 0 Å². The molecule has 5 nitrogen and oxygen atoms in total. The molecule has 0 radical (unpaired) electrons. The van der Waals surface area contributed by atoms with Crippen molar-refractivity contribution in [2.75, 3.05) is 18.4 Å². The van der Waals surface area contributed by atoms with Crippen LogP contribution in [0.4, 0.5) is 10.5 Å². The number of hydrogen-bond acceptors (Lipinski definition) is 3. The fraction of sp³-hybridized carbons (Fsp3) is 0.200. The molecule has 150 valence electrons. The van der Waals surface area contributed by atoms with E-state index >= 15 is 0 Å². The second-order valence-corrected chi connectivity index (χ2v) is 7.38. The summed E-state index contributed by atoms with van der Waals surface area (Å²) in [4.78, 5) is 15.3. The molecule has 0 atom stereocenters. The summed E-state index contributed by atoms with van der Waals surface area (Å²) >= 11 is 0. The van der Waals surface area contributed by atoms with Gasteiger partial charge in [0.05, 0.1) is 0 Å². The highest BCUT2D eigenvalue weighted by atomic mass is 16.2. The first-order valence-corrected chi connectivity index (χ1v) is 10.1. The van der Waals surface area contributed by atoms with Crippen LogP contribution < -0.4 is 16.4 Å². The molecule has 0 aliphatic carbocycles. The molecule has 0 unspecified atom stereocenters. The third-order valence-corrected chi connectivity index (χ3v) is 5.34. The van der Waals surface area contributed by atoms with Gasteiger partial charge in [-0.1, -0.05) is 30.0 Å². The van der Waals surface area contributed by atoms with Crippen LogP contribution in [0.2, 0.25) is 0 Å². The second kappa shape index (κ2) is 9.25. The van der Waals surface area contributed by atoms with Gasteiger partial charge in [0.2, 0.25) is 0 Å². The fourth-order valence-electron chi connectivity index (χ4n) is 3.78. The molecule has 0 bridgehead atoms. The maximum Gasteiger partial charge on any atom is 0.316 e. The molecular formula is C25H24N4O. The van der Waals surface area contributed by atoms with Crippen molar-refractivity contribution < 1.29 is 4.79 Å². The van der Waals surface area contributed by atoms with Crippen molar-refractivity contribution >= 4 is 11.7 Å². The Bertz CT molecular complexity index is 1080. The number of carbonyl (C=O) groups is 1.